The van der Waals surface area contributed by atoms with Crippen LogP contribution in [0.15, 0.2) is 68.9 Å². The van der Waals surface area contributed by atoms with E-state index in [1.165, 1.54) is 6.26 Å². The Hall–Kier alpha value is -3.35. The zero-order chi connectivity index (χ0) is 17.8. The third-order valence-electron chi connectivity index (χ3n) is 3.85. The number of carbonyl (C=O) groups excluding carboxylic acids is 1. The molecule has 1 amide bonds. The lowest BCUT2D eigenvalue weighted by molar-refractivity contribution is 0.0937. The normalized spacial score (nSPS) is 11.9. The van der Waals surface area contributed by atoms with Gasteiger partial charge in [0.25, 0.3) is 11.5 Å². The highest BCUT2D eigenvalue weighted by atomic mass is 16.3. The van der Waals surface area contributed by atoms with Crippen LogP contribution in [0.3, 0.4) is 0 Å². The van der Waals surface area contributed by atoms with Crippen molar-refractivity contribution in [1.29, 1.82) is 0 Å². The molecule has 7 heteroatoms. The molecule has 3 rings (SSSR count). The average Bonchev–Trinajstić information content (AvgIpc) is 3.12. The highest BCUT2D eigenvalue weighted by Crippen LogP contribution is 2.11. The minimum absolute atomic E-state index is 0.0451. The number of aromatic amines is 1. The number of benzene rings is 1. The molecule has 0 aliphatic rings. The van der Waals surface area contributed by atoms with Crippen LogP contribution >= 0.6 is 0 Å². The van der Waals surface area contributed by atoms with Crippen LogP contribution in [0, 0.1) is 0 Å². The van der Waals surface area contributed by atoms with Crippen LogP contribution < -0.4 is 16.6 Å². The first-order valence-electron chi connectivity index (χ1n) is 7.77. The van der Waals surface area contributed by atoms with E-state index in [9.17, 15) is 14.4 Å². The van der Waals surface area contributed by atoms with Gasteiger partial charge in [0.05, 0.1) is 18.8 Å². The number of hydrogen-bond donors (Lipinski definition) is 2. The SMILES string of the molecule is CC(NC(=O)c1c[nH]c(=O)n(Cc2ccco2)c1=O)c1ccccc1. The Morgan fingerprint density at radius 1 is 1.20 bits per heavy atom. The number of carbonyl (C=O) groups is 1. The van der Waals surface area contributed by atoms with E-state index in [0.717, 1.165) is 16.3 Å². The van der Waals surface area contributed by atoms with Gasteiger partial charge in [-0.05, 0) is 24.6 Å². The second-order valence-corrected chi connectivity index (χ2v) is 5.58. The van der Waals surface area contributed by atoms with Crippen LogP contribution in [0.25, 0.3) is 0 Å². The van der Waals surface area contributed by atoms with Gasteiger partial charge in [0.2, 0.25) is 0 Å². The molecule has 3 aromatic rings. The van der Waals surface area contributed by atoms with E-state index < -0.39 is 17.2 Å². The topological polar surface area (TPSA) is 97.1 Å². The number of hydrogen-bond acceptors (Lipinski definition) is 4. The van der Waals surface area contributed by atoms with Crippen molar-refractivity contribution >= 4 is 5.91 Å². The van der Waals surface area contributed by atoms with Gasteiger partial charge >= 0.3 is 5.69 Å². The molecule has 0 spiro atoms. The molecule has 0 saturated heterocycles. The molecule has 1 atom stereocenters. The number of H-pyrrole nitrogens is 1. The lowest BCUT2D eigenvalue weighted by atomic mass is 10.1. The largest absolute Gasteiger partial charge is 0.467 e. The maximum Gasteiger partial charge on any atom is 0.328 e. The van der Waals surface area contributed by atoms with Gasteiger partial charge in [-0.2, -0.15) is 0 Å². The van der Waals surface area contributed by atoms with Crippen LogP contribution in [-0.2, 0) is 6.54 Å². The van der Waals surface area contributed by atoms with Crippen molar-refractivity contribution in [3.8, 4) is 0 Å². The molecule has 1 aromatic carbocycles. The molecule has 0 fully saturated rings. The summed E-state index contributed by atoms with van der Waals surface area (Å²) in [5, 5.41) is 2.76. The van der Waals surface area contributed by atoms with Gasteiger partial charge in [-0.3, -0.25) is 14.2 Å². The number of nitrogens with one attached hydrogen (secondary N) is 2. The minimum Gasteiger partial charge on any atom is -0.467 e. The predicted molar refractivity (Wildman–Crippen MR) is 91.5 cm³/mol. The second-order valence-electron chi connectivity index (χ2n) is 5.58. The predicted octanol–water partition coefficient (Wildman–Crippen LogP) is 1.67. The Labute approximate surface area is 142 Å². The van der Waals surface area contributed by atoms with E-state index in [4.69, 9.17) is 4.42 Å². The zero-order valence-corrected chi connectivity index (χ0v) is 13.6. The molecule has 25 heavy (non-hydrogen) atoms. The Morgan fingerprint density at radius 2 is 1.96 bits per heavy atom. The number of amides is 1. The average molecular weight is 339 g/mol. The fourth-order valence-electron chi connectivity index (χ4n) is 2.48. The first-order chi connectivity index (χ1) is 12.1. The molecule has 2 aromatic heterocycles. The van der Waals surface area contributed by atoms with Gasteiger partial charge in [0.15, 0.2) is 0 Å². The van der Waals surface area contributed by atoms with E-state index in [1.54, 1.807) is 12.1 Å². The summed E-state index contributed by atoms with van der Waals surface area (Å²) in [6.45, 7) is 1.77. The third-order valence-corrected chi connectivity index (χ3v) is 3.85. The van der Waals surface area contributed by atoms with Crippen molar-refractivity contribution in [2.45, 2.75) is 19.5 Å². The van der Waals surface area contributed by atoms with E-state index in [1.807, 2.05) is 37.3 Å². The fraction of sp³-hybridized carbons (Fsp3) is 0.167. The Bertz CT molecular complexity index is 972. The van der Waals surface area contributed by atoms with E-state index >= 15 is 0 Å². The summed E-state index contributed by atoms with van der Waals surface area (Å²) < 4.78 is 6.09. The molecule has 1 unspecified atom stereocenters. The van der Waals surface area contributed by atoms with Crippen LogP contribution in [0.2, 0.25) is 0 Å². The lowest BCUT2D eigenvalue weighted by Crippen LogP contribution is -2.41. The minimum atomic E-state index is -0.669. The maximum absolute atomic E-state index is 12.5. The highest BCUT2D eigenvalue weighted by molar-refractivity contribution is 5.93. The van der Waals surface area contributed by atoms with Crippen LogP contribution in [0.1, 0.15) is 34.6 Å². The summed E-state index contributed by atoms with van der Waals surface area (Å²) in [5.41, 5.74) is -0.489. The van der Waals surface area contributed by atoms with Crippen molar-refractivity contribution in [3.05, 3.63) is 92.6 Å². The van der Waals surface area contributed by atoms with Gasteiger partial charge in [0.1, 0.15) is 11.3 Å². The Kier molecular flexibility index (Phi) is 4.65. The summed E-state index contributed by atoms with van der Waals surface area (Å²) in [7, 11) is 0. The van der Waals surface area contributed by atoms with Crippen molar-refractivity contribution in [3.63, 3.8) is 0 Å². The smallest absolute Gasteiger partial charge is 0.328 e. The van der Waals surface area contributed by atoms with Gasteiger partial charge in [-0.1, -0.05) is 30.3 Å². The molecule has 0 radical (unpaired) electrons. The van der Waals surface area contributed by atoms with Gasteiger partial charge in [0, 0.05) is 6.20 Å². The van der Waals surface area contributed by atoms with Crippen LogP contribution in [0.5, 0.6) is 0 Å². The fourth-order valence-corrected chi connectivity index (χ4v) is 2.48. The standard InChI is InChI=1S/C18H17N3O4/c1-12(13-6-3-2-4-7-13)20-16(22)15-10-19-18(24)21(17(15)23)11-14-8-5-9-25-14/h2-10,12H,11H2,1H3,(H,19,24)(H,20,22). The number of aromatic nitrogens is 2. The van der Waals surface area contributed by atoms with Gasteiger partial charge in [-0.15, -0.1) is 0 Å². The summed E-state index contributed by atoms with van der Waals surface area (Å²) in [5.74, 6) is -0.103. The molecule has 7 nitrogen and oxygen atoms in total. The van der Waals surface area contributed by atoms with Crippen LogP contribution in [-0.4, -0.2) is 15.5 Å². The summed E-state index contributed by atoms with van der Waals surface area (Å²) in [4.78, 5) is 39.3. The quantitative estimate of drug-likeness (QED) is 0.739. The van der Waals surface area contributed by atoms with E-state index in [0.29, 0.717) is 5.76 Å². The third kappa shape index (κ3) is 3.60. The van der Waals surface area contributed by atoms with Crippen molar-refractivity contribution in [1.82, 2.24) is 14.9 Å². The van der Waals surface area contributed by atoms with E-state index in [-0.39, 0.29) is 18.2 Å². The summed E-state index contributed by atoms with van der Waals surface area (Å²) >= 11 is 0. The van der Waals surface area contributed by atoms with Crippen molar-refractivity contribution < 1.29 is 9.21 Å². The van der Waals surface area contributed by atoms with Gasteiger partial charge < -0.3 is 14.7 Å². The second kappa shape index (κ2) is 7.04. The first-order valence-corrected chi connectivity index (χ1v) is 7.77. The lowest BCUT2D eigenvalue weighted by Gasteiger charge is -2.14. The first kappa shape index (κ1) is 16.5. The Balaban J connectivity index is 1.86. The number of furan rings is 1. The molecule has 2 N–H and O–H groups in total. The monoisotopic (exact) mass is 339 g/mol. The van der Waals surface area contributed by atoms with Crippen LogP contribution in [0.4, 0.5) is 0 Å². The maximum atomic E-state index is 12.5. The number of nitrogens with zero attached hydrogens (tertiary/aromatic N) is 1. The molecule has 0 aliphatic heterocycles. The number of rotatable bonds is 5. The van der Waals surface area contributed by atoms with Crippen molar-refractivity contribution in [2.24, 2.45) is 0 Å². The molecular weight excluding hydrogens is 322 g/mol. The molecule has 0 aliphatic carbocycles. The molecule has 0 bridgehead atoms. The molecule has 0 saturated carbocycles. The zero-order valence-electron chi connectivity index (χ0n) is 13.6. The molecule has 2 heterocycles. The Morgan fingerprint density at radius 3 is 2.64 bits per heavy atom. The van der Waals surface area contributed by atoms with Gasteiger partial charge in [-0.25, -0.2) is 4.79 Å². The van der Waals surface area contributed by atoms with E-state index in [2.05, 4.69) is 10.3 Å². The summed E-state index contributed by atoms with van der Waals surface area (Å²) in [6, 6.07) is 12.4. The van der Waals surface area contributed by atoms with Crippen molar-refractivity contribution in [2.75, 3.05) is 0 Å². The summed E-state index contributed by atoms with van der Waals surface area (Å²) in [6.07, 6.45) is 2.59. The highest BCUT2D eigenvalue weighted by Gasteiger charge is 2.17. The molecule has 128 valence electrons. The molecular formula is C18H17N3O4.